The summed E-state index contributed by atoms with van der Waals surface area (Å²) in [5.74, 6) is -0.949. The summed E-state index contributed by atoms with van der Waals surface area (Å²) in [4.78, 5) is 10.9. The predicted molar refractivity (Wildman–Crippen MR) is 64.8 cm³/mol. The number of rotatable bonds is 4. The zero-order chi connectivity index (χ0) is 12.1. The van der Waals surface area contributed by atoms with Crippen LogP contribution in [-0.2, 0) is 6.54 Å². The van der Waals surface area contributed by atoms with Gasteiger partial charge in [0.25, 0.3) is 0 Å². The zero-order valence-electron chi connectivity index (χ0n) is 8.80. The van der Waals surface area contributed by atoms with Crippen LogP contribution in [0.3, 0.4) is 0 Å². The number of nitrogens with zero attached hydrogens (tertiary/aromatic N) is 1. The molecule has 0 aromatic heterocycles. The second kappa shape index (κ2) is 5.43. The molecule has 0 aliphatic heterocycles. The van der Waals surface area contributed by atoms with Crippen LogP contribution >= 0.6 is 12.2 Å². The summed E-state index contributed by atoms with van der Waals surface area (Å²) in [6, 6.07) is 6.76. The maximum atomic E-state index is 10.9. The van der Waals surface area contributed by atoms with Gasteiger partial charge in [0.2, 0.25) is 0 Å². The number of aromatic carboxylic acids is 1. The second-order valence-electron chi connectivity index (χ2n) is 3.19. The maximum absolute atomic E-state index is 10.9. The van der Waals surface area contributed by atoms with E-state index in [1.54, 1.807) is 31.3 Å². The Kier molecular flexibility index (Phi) is 4.21. The van der Waals surface area contributed by atoms with Gasteiger partial charge in [-0.1, -0.05) is 18.2 Å². The third kappa shape index (κ3) is 3.18. The van der Waals surface area contributed by atoms with Gasteiger partial charge in [0.1, 0.15) is 0 Å². The lowest BCUT2D eigenvalue weighted by molar-refractivity contribution is 0.0695. The number of thiocarbonyl (C=S) groups is 1. The minimum Gasteiger partial charge on any atom is -0.478 e. The van der Waals surface area contributed by atoms with Crippen molar-refractivity contribution in [2.75, 3.05) is 7.05 Å². The average Bonchev–Trinajstić information content (AvgIpc) is 2.25. The van der Waals surface area contributed by atoms with E-state index in [1.807, 2.05) is 0 Å². The van der Waals surface area contributed by atoms with Crippen molar-refractivity contribution in [3.8, 4) is 0 Å². The lowest BCUT2D eigenvalue weighted by Gasteiger charge is -2.18. The molecular formula is C10H13N3O2S. The van der Waals surface area contributed by atoms with E-state index in [4.69, 9.17) is 23.1 Å². The molecule has 1 aromatic rings. The number of carboxylic acids is 1. The molecule has 0 saturated heterocycles. The van der Waals surface area contributed by atoms with Gasteiger partial charge in [-0.3, -0.25) is 5.01 Å². The van der Waals surface area contributed by atoms with Gasteiger partial charge in [-0.2, -0.15) is 0 Å². The van der Waals surface area contributed by atoms with Gasteiger partial charge >= 0.3 is 5.97 Å². The number of hydrogen-bond donors (Lipinski definition) is 3. The van der Waals surface area contributed by atoms with Crippen molar-refractivity contribution in [2.45, 2.75) is 6.54 Å². The molecule has 0 unspecified atom stereocenters. The Morgan fingerprint density at radius 1 is 1.56 bits per heavy atom. The highest BCUT2D eigenvalue weighted by Crippen LogP contribution is 2.08. The van der Waals surface area contributed by atoms with E-state index in [0.29, 0.717) is 12.1 Å². The number of carboxylic acid groups (broad SMARTS) is 1. The number of hydrazine groups is 1. The molecule has 6 heteroatoms. The third-order valence-electron chi connectivity index (χ3n) is 2.09. The van der Waals surface area contributed by atoms with E-state index >= 15 is 0 Å². The van der Waals surface area contributed by atoms with Gasteiger partial charge < -0.3 is 10.8 Å². The lowest BCUT2D eigenvalue weighted by Crippen LogP contribution is -2.42. The van der Waals surface area contributed by atoms with E-state index in [0.717, 1.165) is 0 Å². The number of nitrogens with two attached hydrogens (primary N) is 1. The first-order chi connectivity index (χ1) is 7.52. The highest BCUT2D eigenvalue weighted by molar-refractivity contribution is 7.80. The molecule has 0 bridgehead atoms. The molecule has 0 aliphatic carbocycles. The SMILES string of the molecule is CN(NCc1ccccc1C(=O)O)C(N)=S. The van der Waals surface area contributed by atoms with Gasteiger partial charge in [-0.15, -0.1) is 0 Å². The minimum absolute atomic E-state index is 0.202. The molecule has 0 heterocycles. The highest BCUT2D eigenvalue weighted by atomic mass is 32.1. The van der Waals surface area contributed by atoms with Crippen LogP contribution in [0.1, 0.15) is 15.9 Å². The molecule has 0 radical (unpaired) electrons. The topological polar surface area (TPSA) is 78.6 Å². The quantitative estimate of drug-likeness (QED) is 0.526. The standard InChI is InChI=1S/C10H13N3O2S/c1-13(10(11)16)12-6-7-4-2-3-5-8(7)9(14)15/h2-5,12H,6H2,1H3,(H2,11,16)(H,14,15). The largest absolute Gasteiger partial charge is 0.478 e. The van der Waals surface area contributed by atoms with Crippen LogP contribution in [0, 0.1) is 0 Å². The summed E-state index contributed by atoms with van der Waals surface area (Å²) in [5, 5.41) is 10.6. The van der Waals surface area contributed by atoms with Gasteiger partial charge in [-0.05, 0) is 23.8 Å². The van der Waals surface area contributed by atoms with Gasteiger partial charge in [-0.25, -0.2) is 10.2 Å². The first-order valence-electron chi connectivity index (χ1n) is 4.60. The van der Waals surface area contributed by atoms with Crippen LogP contribution in [0.4, 0.5) is 0 Å². The Bertz CT molecular complexity index is 409. The fourth-order valence-electron chi connectivity index (χ4n) is 1.16. The average molecular weight is 239 g/mol. The van der Waals surface area contributed by atoms with E-state index in [9.17, 15) is 4.79 Å². The Balaban J connectivity index is 2.74. The lowest BCUT2D eigenvalue weighted by atomic mass is 10.1. The first-order valence-corrected chi connectivity index (χ1v) is 5.01. The molecule has 0 aliphatic rings. The Labute approximate surface area is 98.8 Å². The summed E-state index contributed by atoms with van der Waals surface area (Å²) in [6.07, 6.45) is 0. The number of hydrogen-bond acceptors (Lipinski definition) is 3. The molecule has 5 nitrogen and oxygen atoms in total. The molecule has 0 fully saturated rings. The Morgan fingerprint density at radius 3 is 2.75 bits per heavy atom. The molecule has 16 heavy (non-hydrogen) atoms. The van der Waals surface area contributed by atoms with Crippen molar-refractivity contribution in [1.82, 2.24) is 10.4 Å². The summed E-state index contributed by atoms with van der Waals surface area (Å²) < 4.78 is 0. The van der Waals surface area contributed by atoms with Gasteiger partial charge in [0, 0.05) is 13.6 Å². The van der Waals surface area contributed by atoms with Crippen molar-refractivity contribution in [3.05, 3.63) is 35.4 Å². The maximum Gasteiger partial charge on any atom is 0.336 e. The summed E-state index contributed by atoms with van der Waals surface area (Å²) in [7, 11) is 1.67. The van der Waals surface area contributed by atoms with Crippen LogP contribution in [0.5, 0.6) is 0 Å². The predicted octanol–water partition coefficient (Wildman–Crippen LogP) is 0.565. The molecule has 1 rings (SSSR count). The smallest absolute Gasteiger partial charge is 0.336 e. The third-order valence-corrected chi connectivity index (χ3v) is 2.36. The molecule has 1 aromatic carbocycles. The fourth-order valence-corrected chi connectivity index (χ4v) is 1.23. The molecule has 0 atom stereocenters. The van der Waals surface area contributed by atoms with Crippen LogP contribution in [0.15, 0.2) is 24.3 Å². The number of carbonyl (C=O) groups is 1. The van der Waals surface area contributed by atoms with Crippen LogP contribution in [0.2, 0.25) is 0 Å². The van der Waals surface area contributed by atoms with Crippen molar-refractivity contribution < 1.29 is 9.90 Å². The van der Waals surface area contributed by atoms with E-state index < -0.39 is 5.97 Å². The molecule has 0 saturated carbocycles. The normalized spacial score (nSPS) is 9.81. The molecule has 0 amide bonds. The summed E-state index contributed by atoms with van der Waals surface area (Å²) in [6.45, 7) is 0.357. The Morgan fingerprint density at radius 2 is 2.19 bits per heavy atom. The zero-order valence-corrected chi connectivity index (χ0v) is 9.62. The number of benzene rings is 1. The van der Waals surface area contributed by atoms with E-state index in [-0.39, 0.29) is 10.7 Å². The molecular weight excluding hydrogens is 226 g/mol. The van der Waals surface area contributed by atoms with Crippen molar-refractivity contribution in [1.29, 1.82) is 0 Å². The van der Waals surface area contributed by atoms with Crippen LogP contribution in [-0.4, -0.2) is 28.2 Å². The van der Waals surface area contributed by atoms with Crippen molar-refractivity contribution >= 4 is 23.3 Å². The van der Waals surface area contributed by atoms with E-state index in [2.05, 4.69) is 5.43 Å². The van der Waals surface area contributed by atoms with Crippen molar-refractivity contribution in [2.24, 2.45) is 5.73 Å². The minimum atomic E-state index is -0.949. The summed E-state index contributed by atoms with van der Waals surface area (Å²) in [5.41, 5.74) is 9.22. The molecule has 86 valence electrons. The van der Waals surface area contributed by atoms with Crippen molar-refractivity contribution in [3.63, 3.8) is 0 Å². The summed E-state index contributed by atoms with van der Waals surface area (Å²) >= 11 is 4.74. The Hall–Kier alpha value is -1.66. The van der Waals surface area contributed by atoms with E-state index in [1.165, 1.54) is 5.01 Å². The molecule has 4 N–H and O–H groups in total. The number of nitrogens with one attached hydrogen (secondary N) is 1. The molecule has 0 spiro atoms. The van der Waals surface area contributed by atoms with Gasteiger partial charge in [0.05, 0.1) is 5.56 Å². The van der Waals surface area contributed by atoms with Crippen LogP contribution < -0.4 is 11.2 Å². The second-order valence-corrected chi connectivity index (χ2v) is 3.61. The highest BCUT2D eigenvalue weighted by Gasteiger charge is 2.09. The first kappa shape index (κ1) is 12.4. The fraction of sp³-hybridized carbons (Fsp3) is 0.200. The van der Waals surface area contributed by atoms with Gasteiger partial charge in [0.15, 0.2) is 5.11 Å². The van der Waals surface area contributed by atoms with Crippen LogP contribution in [0.25, 0.3) is 0 Å². The monoisotopic (exact) mass is 239 g/mol.